The van der Waals surface area contributed by atoms with Crippen molar-refractivity contribution in [1.82, 2.24) is 10.2 Å². The van der Waals surface area contributed by atoms with E-state index in [0.29, 0.717) is 17.9 Å². The van der Waals surface area contributed by atoms with Crippen LogP contribution >= 0.6 is 0 Å². The van der Waals surface area contributed by atoms with Crippen molar-refractivity contribution in [3.05, 3.63) is 65.0 Å². The molecule has 5 nitrogen and oxygen atoms in total. The van der Waals surface area contributed by atoms with Crippen LogP contribution in [0.25, 0.3) is 0 Å². The molecule has 30 heavy (non-hydrogen) atoms. The average Bonchev–Trinajstić information content (AvgIpc) is 2.70. The van der Waals surface area contributed by atoms with Gasteiger partial charge in [0.2, 0.25) is 5.91 Å². The van der Waals surface area contributed by atoms with Gasteiger partial charge in [-0.05, 0) is 44.4 Å². The summed E-state index contributed by atoms with van der Waals surface area (Å²) >= 11 is 0. The first kappa shape index (κ1) is 23.4. The van der Waals surface area contributed by atoms with Gasteiger partial charge in [-0.2, -0.15) is 0 Å². The Bertz CT molecular complexity index is 883. The van der Waals surface area contributed by atoms with Crippen LogP contribution in [0.2, 0.25) is 0 Å². The minimum atomic E-state index is -0.765. The molecule has 0 heterocycles. The molecule has 0 saturated heterocycles. The van der Waals surface area contributed by atoms with E-state index in [1.54, 1.807) is 25.1 Å². The molecule has 2 aromatic rings. The Labute approximate surface area is 178 Å². The molecule has 0 aromatic heterocycles. The summed E-state index contributed by atoms with van der Waals surface area (Å²) in [7, 11) is 0. The molecule has 2 aromatic carbocycles. The van der Waals surface area contributed by atoms with Gasteiger partial charge in [0.1, 0.15) is 17.6 Å². The van der Waals surface area contributed by atoms with Crippen molar-refractivity contribution >= 4 is 11.8 Å². The summed E-state index contributed by atoms with van der Waals surface area (Å²) < 4.78 is 19.9. The highest BCUT2D eigenvalue weighted by Gasteiger charge is 2.27. The minimum Gasteiger partial charge on any atom is -0.483 e. The number of nitrogens with zero attached hydrogens (tertiary/aromatic N) is 1. The van der Waals surface area contributed by atoms with E-state index in [0.717, 1.165) is 11.1 Å². The van der Waals surface area contributed by atoms with Gasteiger partial charge in [-0.3, -0.25) is 9.59 Å². The largest absolute Gasteiger partial charge is 0.483 e. The zero-order valence-electron chi connectivity index (χ0n) is 18.4. The lowest BCUT2D eigenvalue weighted by Crippen LogP contribution is -2.49. The quantitative estimate of drug-likeness (QED) is 0.674. The van der Waals surface area contributed by atoms with Crippen molar-refractivity contribution < 1.29 is 18.7 Å². The predicted molar refractivity (Wildman–Crippen MR) is 116 cm³/mol. The molecule has 0 aliphatic heterocycles. The molecule has 6 heteroatoms. The van der Waals surface area contributed by atoms with E-state index in [-0.39, 0.29) is 30.9 Å². The van der Waals surface area contributed by atoms with Crippen LogP contribution in [-0.2, 0) is 16.1 Å². The number of nitrogens with one attached hydrogen (secondary N) is 1. The van der Waals surface area contributed by atoms with Gasteiger partial charge >= 0.3 is 0 Å². The van der Waals surface area contributed by atoms with E-state index in [9.17, 15) is 14.0 Å². The lowest BCUT2D eigenvalue weighted by molar-refractivity contribution is -0.142. The van der Waals surface area contributed by atoms with E-state index in [1.165, 1.54) is 11.0 Å². The number of carbonyl (C=O) groups excluding carboxylic acids is 2. The van der Waals surface area contributed by atoms with Crippen molar-refractivity contribution in [2.45, 2.75) is 47.2 Å². The van der Waals surface area contributed by atoms with Crippen molar-refractivity contribution in [1.29, 1.82) is 0 Å². The van der Waals surface area contributed by atoms with Crippen LogP contribution < -0.4 is 10.1 Å². The molecule has 0 spiro atoms. The van der Waals surface area contributed by atoms with Gasteiger partial charge < -0.3 is 15.0 Å². The first-order chi connectivity index (χ1) is 14.2. The van der Waals surface area contributed by atoms with Crippen LogP contribution in [0.1, 0.15) is 37.5 Å². The minimum absolute atomic E-state index is 0.0159. The second-order valence-corrected chi connectivity index (χ2v) is 7.99. The maximum absolute atomic E-state index is 14.2. The van der Waals surface area contributed by atoms with Crippen LogP contribution in [0.15, 0.2) is 42.5 Å². The number of benzene rings is 2. The first-order valence-electron chi connectivity index (χ1n) is 10.2. The highest BCUT2D eigenvalue weighted by atomic mass is 19.1. The van der Waals surface area contributed by atoms with Gasteiger partial charge in [0.25, 0.3) is 5.91 Å². The van der Waals surface area contributed by atoms with Crippen molar-refractivity contribution in [2.24, 2.45) is 5.92 Å². The van der Waals surface area contributed by atoms with Crippen LogP contribution in [0, 0.1) is 25.6 Å². The predicted octanol–water partition coefficient (Wildman–Crippen LogP) is 4.01. The number of hydrogen-bond donors (Lipinski definition) is 1. The SMILES string of the molecule is Cc1ccc(OCC(=O)N(Cc2ccccc2F)C(C)C(=O)NCC(C)C)c(C)c1. The number of carbonyl (C=O) groups is 2. The molecule has 2 rings (SSSR count). The first-order valence-corrected chi connectivity index (χ1v) is 10.2. The molecule has 162 valence electrons. The summed E-state index contributed by atoms with van der Waals surface area (Å²) in [5.41, 5.74) is 2.37. The smallest absolute Gasteiger partial charge is 0.261 e. The van der Waals surface area contributed by atoms with Gasteiger partial charge in [0.15, 0.2) is 6.61 Å². The van der Waals surface area contributed by atoms with E-state index >= 15 is 0 Å². The molecule has 0 aliphatic rings. The Hall–Kier alpha value is -2.89. The van der Waals surface area contributed by atoms with E-state index in [1.807, 2.05) is 45.9 Å². The zero-order valence-corrected chi connectivity index (χ0v) is 18.4. The summed E-state index contributed by atoms with van der Waals surface area (Å²) in [6, 6.07) is 11.2. The fourth-order valence-corrected chi connectivity index (χ4v) is 3.03. The zero-order chi connectivity index (χ0) is 22.3. The topological polar surface area (TPSA) is 58.6 Å². The standard InChI is InChI=1S/C24H31FN2O3/c1-16(2)13-26-24(29)19(5)27(14-20-8-6-7-9-21(20)25)23(28)15-30-22-11-10-17(3)12-18(22)4/h6-12,16,19H,13-15H2,1-5H3,(H,26,29). The average molecular weight is 415 g/mol. The fraction of sp³-hybridized carbons (Fsp3) is 0.417. The summed E-state index contributed by atoms with van der Waals surface area (Å²) in [5.74, 6) is -0.188. The molecule has 0 aliphatic carbocycles. The number of amides is 2. The van der Waals surface area contributed by atoms with Gasteiger partial charge in [-0.1, -0.05) is 49.7 Å². The molecular formula is C24H31FN2O3. The van der Waals surface area contributed by atoms with Crippen molar-refractivity contribution in [3.8, 4) is 5.75 Å². The molecule has 0 bridgehead atoms. The van der Waals surface area contributed by atoms with E-state index < -0.39 is 11.9 Å². The van der Waals surface area contributed by atoms with Crippen molar-refractivity contribution in [2.75, 3.05) is 13.2 Å². The lowest BCUT2D eigenvalue weighted by Gasteiger charge is -2.29. The molecule has 0 radical (unpaired) electrons. The van der Waals surface area contributed by atoms with E-state index in [4.69, 9.17) is 4.74 Å². The Morgan fingerprint density at radius 1 is 1.10 bits per heavy atom. The molecule has 0 fully saturated rings. The normalized spacial score (nSPS) is 11.8. The lowest BCUT2D eigenvalue weighted by atomic mass is 10.1. The molecule has 0 saturated carbocycles. The highest BCUT2D eigenvalue weighted by molar-refractivity contribution is 5.88. The molecule has 1 unspecified atom stereocenters. The van der Waals surface area contributed by atoms with Crippen molar-refractivity contribution in [3.63, 3.8) is 0 Å². The summed E-state index contributed by atoms with van der Waals surface area (Å²) in [4.78, 5) is 26.9. The van der Waals surface area contributed by atoms with Crippen LogP contribution in [-0.4, -0.2) is 35.9 Å². The highest BCUT2D eigenvalue weighted by Crippen LogP contribution is 2.19. The molecule has 2 amide bonds. The third-order valence-corrected chi connectivity index (χ3v) is 4.83. The Morgan fingerprint density at radius 3 is 2.43 bits per heavy atom. The molecule has 1 N–H and O–H groups in total. The number of halogens is 1. The maximum Gasteiger partial charge on any atom is 0.261 e. The fourth-order valence-electron chi connectivity index (χ4n) is 3.03. The van der Waals surface area contributed by atoms with Gasteiger partial charge in [-0.25, -0.2) is 4.39 Å². The summed E-state index contributed by atoms with van der Waals surface area (Å²) in [6.45, 7) is 9.77. The van der Waals surface area contributed by atoms with Crippen LogP contribution in [0.3, 0.4) is 0 Å². The second kappa shape index (κ2) is 10.8. The van der Waals surface area contributed by atoms with Gasteiger partial charge in [0.05, 0.1) is 0 Å². The number of hydrogen-bond acceptors (Lipinski definition) is 3. The van der Waals surface area contributed by atoms with Crippen LogP contribution in [0.4, 0.5) is 4.39 Å². The third-order valence-electron chi connectivity index (χ3n) is 4.83. The summed E-state index contributed by atoms with van der Waals surface area (Å²) in [5, 5.41) is 2.84. The number of rotatable bonds is 9. The maximum atomic E-state index is 14.2. The van der Waals surface area contributed by atoms with Gasteiger partial charge in [0, 0.05) is 18.7 Å². The molecular weight excluding hydrogens is 383 g/mol. The van der Waals surface area contributed by atoms with Crippen LogP contribution in [0.5, 0.6) is 5.75 Å². The van der Waals surface area contributed by atoms with Gasteiger partial charge in [-0.15, -0.1) is 0 Å². The Kier molecular flexibility index (Phi) is 8.39. The Morgan fingerprint density at radius 2 is 1.80 bits per heavy atom. The molecule has 1 atom stereocenters. The Balaban J connectivity index is 2.17. The number of ether oxygens (including phenoxy) is 1. The summed E-state index contributed by atoms with van der Waals surface area (Å²) in [6.07, 6.45) is 0. The monoisotopic (exact) mass is 414 g/mol. The van der Waals surface area contributed by atoms with E-state index in [2.05, 4.69) is 5.32 Å². The number of aryl methyl sites for hydroxylation is 2. The second-order valence-electron chi connectivity index (χ2n) is 7.99. The third kappa shape index (κ3) is 6.58.